The van der Waals surface area contributed by atoms with Gasteiger partial charge in [0, 0.05) is 25.7 Å². The molecule has 9 heteroatoms. The van der Waals surface area contributed by atoms with Crippen molar-refractivity contribution in [3.05, 3.63) is 33.3 Å². The smallest absolute Gasteiger partial charge is 0.387 e. The Hall–Kier alpha value is -2.31. The number of aromatic nitrogens is 2. The van der Waals surface area contributed by atoms with Crippen molar-refractivity contribution in [3.63, 3.8) is 0 Å². The third-order valence-corrected chi connectivity index (χ3v) is 5.95. The fourth-order valence-corrected chi connectivity index (χ4v) is 4.55. The van der Waals surface area contributed by atoms with E-state index in [1.807, 2.05) is 13.0 Å². The zero-order chi connectivity index (χ0) is 21.8. The second-order valence-corrected chi connectivity index (χ2v) is 9.32. The maximum Gasteiger partial charge on any atom is 0.387 e. The Morgan fingerprint density at radius 1 is 1.30 bits per heavy atom. The molecule has 0 aliphatic carbocycles. The van der Waals surface area contributed by atoms with Crippen LogP contribution < -0.4 is 9.64 Å². The number of nitriles is 1. The summed E-state index contributed by atoms with van der Waals surface area (Å²) >= 11 is 1.59. The van der Waals surface area contributed by atoms with Gasteiger partial charge in [-0.25, -0.2) is 0 Å². The van der Waals surface area contributed by atoms with Crippen LogP contribution in [0.1, 0.15) is 41.9 Å². The van der Waals surface area contributed by atoms with Crippen molar-refractivity contribution < 1.29 is 13.5 Å². The van der Waals surface area contributed by atoms with Crippen LogP contribution in [0.15, 0.2) is 12.1 Å². The third kappa shape index (κ3) is 5.43. The van der Waals surface area contributed by atoms with Crippen LogP contribution in [0, 0.1) is 24.2 Å². The molecule has 1 saturated heterocycles. The Morgan fingerprint density at radius 2 is 2.07 bits per heavy atom. The first-order chi connectivity index (χ1) is 14.3. The van der Waals surface area contributed by atoms with Crippen molar-refractivity contribution in [2.75, 3.05) is 24.5 Å². The molecule has 1 aliphatic heterocycles. The molecule has 162 valence electrons. The van der Waals surface area contributed by atoms with Crippen LogP contribution >= 0.6 is 11.3 Å². The first-order valence-electron chi connectivity index (χ1n) is 10.1. The molecule has 0 spiro atoms. The number of alkyl halides is 2. The van der Waals surface area contributed by atoms with E-state index in [0.717, 1.165) is 35.1 Å². The molecular formula is C21H27F2N5OS. The Labute approximate surface area is 180 Å². The number of hydrogen-bond donors (Lipinski definition) is 0. The highest BCUT2D eigenvalue weighted by Crippen LogP contribution is 2.34. The van der Waals surface area contributed by atoms with E-state index in [-0.39, 0.29) is 17.4 Å². The maximum atomic E-state index is 13.0. The number of rotatable bonds is 7. The lowest BCUT2D eigenvalue weighted by Crippen LogP contribution is -2.51. The highest BCUT2D eigenvalue weighted by atomic mass is 32.1. The molecule has 6 nitrogen and oxygen atoms in total. The van der Waals surface area contributed by atoms with Gasteiger partial charge in [-0.1, -0.05) is 13.8 Å². The number of hydrogen-bond acceptors (Lipinski definition) is 7. The monoisotopic (exact) mass is 435 g/mol. The minimum Gasteiger partial charge on any atom is -0.433 e. The van der Waals surface area contributed by atoms with Crippen LogP contribution in [0.3, 0.4) is 0 Å². The molecule has 2 heterocycles. The highest BCUT2D eigenvalue weighted by Gasteiger charge is 2.28. The van der Waals surface area contributed by atoms with E-state index in [0.29, 0.717) is 24.7 Å². The Bertz CT molecular complexity index is 911. The lowest BCUT2D eigenvalue weighted by atomic mass is 9.98. The van der Waals surface area contributed by atoms with Crippen molar-refractivity contribution in [2.24, 2.45) is 5.92 Å². The van der Waals surface area contributed by atoms with Gasteiger partial charge in [-0.2, -0.15) is 14.0 Å². The number of anilines is 1. The van der Waals surface area contributed by atoms with Crippen LogP contribution in [0.2, 0.25) is 0 Å². The summed E-state index contributed by atoms with van der Waals surface area (Å²) in [5, 5.41) is 19.9. The van der Waals surface area contributed by atoms with Crippen molar-refractivity contribution in [1.29, 1.82) is 5.26 Å². The lowest BCUT2D eigenvalue weighted by Gasteiger charge is -2.41. The summed E-state index contributed by atoms with van der Waals surface area (Å²) in [6.45, 7) is 8.13. The third-order valence-electron chi connectivity index (χ3n) is 5.12. The van der Waals surface area contributed by atoms with Gasteiger partial charge in [-0.05, 0) is 43.9 Å². The van der Waals surface area contributed by atoms with Gasteiger partial charge in [-0.15, -0.1) is 21.5 Å². The van der Waals surface area contributed by atoms with Gasteiger partial charge in [0.2, 0.25) is 0 Å². The zero-order valence-electron chi connectivity index (χ0n) is 17.7. The number of nitrogens with zero attached hydrogens (tertiary/aromatic N) is 5. The van der Waals surface area contributed by atoms with Gasteiger partial charge >= 0.3 is 6.61 Å². The van der Waals surface area contributed by atoms with Crippen molar-refractivity contribution in [2.45, 2.75) is 53.3 Å². The van der Waals surface area contributed by atoms with E-state index in [1.165, 1.54) is 0 Å². The fourth-order valence-electron chi connectivity index (χ4n) is 3.82. The van der Waals surface area contributed by atoms with E-state index in [4.69, 9.17) is 4.74 Å². The summed E-state index contributed by atoms with van der Waals surface area (Å²) in [6, 6.07) is 5.82. The molecule has 0 bridgehead atoms. The van der Waals surface area contributed by atoms with E-state index in [9.17, 15) is 14.0 Å². The second kappa shape index (κ2) is 9.67. The van der Waals surface area contributed by atoms with E-state index < -0.39 is 6.61 Å². The number of ether oxygens (including phenoxy) is 1. The molecule has 0 N–H and O–H groups in total. The average Bonchev–Trinajstić information content (AvgIpc) is 3.07. The summed E-state index contributed by atoms with van der Waals surface area (Å²) in [5.41, 5.74) is 1.74. The van der Waals surface area contributed by atoms with Gasteiger partial charge in [0.15, 0.2) is 0 Å². The predicted octanol–water partition coefficient (Wildman–Crippen LogP) is 4.23. The summed E-state index contributed by atoms with van der Waals surface area (Å²) in [6.07, 6.45) is 0.726. The highest BCUT2D eigenvalue weighted by molar-refractivity contribution is 7.11. The molecular weight excluding hydrogens is 408 g/mol. The minimum atomic E-state index is -2.97. The van der Waals surface area contributed by atoms with Gasteiger partial charge in [0.05, 0.1) is 12.2 Å². The van der Waals surface area contributed by atoms with Crippen LogP contribution in [0.4, 0.5) is 14.5 Å². The summed E-state index contributed by atoms with van der Waals surface area (Å²) < 4.78 is 30.6. The molecule has 1 atom stereocenters. The molecule has 30 heavy (non-hydrogen) atoms. The van der Waals surface area contributed by atoms with E-state index in [2.05, 4.69) is 46.8 Å². The van der Waals surface area contributed by atoms with Gasteiger partial charge in [0.1, 0.15) is 27.4 Å². The standard InChI is InChI=1S/C21H27F2N5OS/c1-13(2)7-16-8-18(17(10-24)19(9-16)29-21(22)23)28-6-5-27(14(3)11-28)12-20-26-25-15(4)30-20/h8-9,13-14,21H,5-7,11-12H2,1-4H3/t14-/m0/s1. The Morgan fingerprint density at radius 3 is 2.63 bits per heavy atom. The van der Waals surface area contributed by atoms with Gasteiger partial charge in [-0.3, -0.25) is 4.90 Å². The first-order valence-corrected chi connectivity index (χ1v) is 10.9. The largest absolute Gasteiger partial charge is 0.433 e. The van der Waals surface area contributed by atoms with Crippen LogP contribution in [-0.4, -0.2) is 47.4 Å². The molecule has 0 unspecified atom stereocenters. The van der Waals surface area contributed by atoms with Gasteiger partial charge in [0.25, 0.3) is 0 Å². The molecule has 1 aromatic carbocycles. The summed E-state index contributed by atoms with van der Waals surface area (Å²) in [5.74, 6) is 0.316. The van der Waals surface area contributed by atoms with Crippen LogP contribution in [-0.2, 0) is 13.0 Å². The second-order valence-electron chi connectivity index (χ2n) is 8.06. The first kappa shape index (κ1) is 22.4. The summed E-state index contributed by atoms with van der Waals surface area (Å²) in [4.78, 5) is 4.43. The summed E-state index contributed by atoms with van der Waals surface area (Å²) in [7, 11) is 0. The SMILES string of the molecule is Cc1nnc(CN2CCN(c3cc(CC(C)C)cc(OC(F)F)c3C#N)C[C@@H]2C)s1. The predicted molar refractivity (Wildman–Crippen MR) is 113 cm³/mol. The van der Waals surface area contributed by atoms with Crippen molar-refractivity contribution in [3.8, 4) is 11.8 Å². The molecule has 1 fully saturated rings. The number of benzene rings is 1. The van der Waals surface area contributed by atoms with E-state index >= 15 is 0 Å². The number of halogens is 2. The fraction of sp³-hybridized carbons (Fsp3) is 0.571. The van der Waals surface area contributed by atoms with E-state index in [1.54, 1.807) is 17.4 Å². The Balaban J connectivity index is 1.84. The molecule has 2 aromatic rings. The maximum absolute atomic E-state index is 13.0. The number of piperazine rings is 1. The van der Waals surface area contributed by atoms with Gasteiger partial charge < -0.3 is 9.64 Å². The lowest BCUT2D eigenvalue weighted by molar-refractivity contribution is -0.0500. The topological polar surface area (TPSA) is 65.3 Å². The molecule has 3 rings (SSSR count). The molecule has 0 saturated carbocycles. The molecule has 1 aromatic heterocycles. The molecule has 1 aliphatic rings. The molecule has 0 amide bonds. The minimum absolute atomic E-state index is 0.0416. The van der Waals surface area contributed by atoms with Crippen molar-refractivity contribution in [1.82, 2.24) is 15.1 Å². The normalized spacial score (nSPS) is 17.6. The van der Waals surface area contributed by atoms with Crippen molar-refractivity contribution >= 4 is 17.0 Å². The number of aryl methyl sites for hydroxylation is 1. The zero-order valence-corrected chi connectivity index (χ0v) is 18.5. The quantitative estimate of drug-likeness (QED) is 0.649. The van der Waals surface area contributed by atoms with Crippen LogP contribution in [0.5, 0.6) is 5.75 Å². The average molecular weight is 436 g/mol. The van der Waals surface area contributed by atoms with Crippen LogP contribution in [0.25, 0.3) is 0 Å². The Kier molecular flexibility index (Phi) is 7.21. The molecule has 0 radical (unpaired) electrons.